The fraction of sp³-hybridized carbons (Fsp3) is 0.160. The smallest absolute Gasteiger partial charge is 0.274 e. The molecule has 0 saturated heterocycles. The van der Waals surface area contributed by atoms with Gasteiger partial charge in [-0.1, -0.05) is 23.4 Å². The van der Waals surface area contributed by atoms with Crippen molar-refractivity contribution < 1.29 is 9.32 Å². The van der Waals surface area contributed by atoms with E-state index in [4.69, 9.17) is 9.78 Å². The molecule has 3 aromatic heterocycles. The highest BCUT2D eigenvalue weighted by Gasteiger charge is 2.16. The molecule has 0 spiro atoms. The van der Waals surface area contributed by atoms with Crippen molar-refractivity contribution in [1.82, 2.24) is 24.9 Å². The van der Waals surface area contributed by atoms with Crippen LogP contribution < -0.4 is 0 Å². The number of ketones is 1. The molecule has 0 atom stereocenters. The molecular formula is C25H20N6O2. The molecule has 8 heteroatoms. The zero-order chi connectivity index (χ0) is 22.9. The molecule has 0 radical (unpaired) electrons. The molecule has 5 rings (SSSR count). The number of nitrogens with zero attached hydrogens (tertiary/aromatic N) is 5. The van der Waals surface area contributed by atoms with E-state index in [-0.39, 0.29) is 5.78 Å². The first-order valence-corrected chi connectivity index (χ1v) is 10.5. The Morgan fingerprint density at radius 3 is 2.70 bits per heavy atom. The van der Waals surface area contributed by atoms with Crippen molar-refractivity contribution in [3.63, 3.8) is 0 Å². The van der Waals surface area contributed by atoms with Crippen LogP contribution in [0.15, 0.2) is 59.1 Å². The number of carbonyl (C=O) groups is 1. The molecule has 0 fully saturated rings. The Morgan fingerprint density at radius 2 is 1.97 bits per heavy atom. The van der Waals surface area contributed by atoms with Gasteiger partial charge in [0, 0.05) is 29.9 Å². The van der Waals surface area contributed by atoms with Crippen LogP contribution in [0.5, 0.6) is 0 Å². The van der Waals surface area contributed by atoms with Crippen molar-refractivity contribution in [1.29, 1.82) is 5.26 Å². The standard InChI is InChI=1S/C25H20N6O2/c1-15-27-25(33-30-15)22-12-19-11-18(8-9-20(19)28-22)23-13-21(29-31(23)2)24(32)10-7-16-3-5-17(14-26)6-4-16/h3-6,8-9,11-13,28H,7,10H2,1-2H3. The number of aryl methyl sites for hydroxylation is 3. The van der Waals surface area contributed by atoms with Gasteiger partial charge in [-0.2, -0.15) is 15.3 Å². The fourth-order valence-corrected chi connectivity index (χ4v) is 3.82. The van der Waals surface area contributed by atoms with Crippen molar-refractivity contribution in [2.45, 2.75) is 19.8 Å². The Bertz CT molecular complexity index is 1510. The van der Waals surface area contributed by atoms with Gasteiger partial charge in [0.15, 0.2) is 11.6 Å². The number of fused-ring (bicyclic) bond motifs is 1. The van der Waals surface area contributed by atoms with Crippen molar-refractivity contribution in [2.75, 3.05) is 0 Å². The van der Waals surface area contributed by atoms with E-state index in [0.29, 0.717) is 35.8 Å². The molecule has 0 bridgehead atoms. The molecule has 8 nitrogen and oxygen atoms in total. The summed E-state index contributed by atoms with van der Waals surface area (Å²) in [5, 5.41) is 18.2. The predicted octanol–water partition coefficient (Wildman–Crippen LogP) is 4.61. The molecule has 0 aliphatic heterocycles. The van der Waals surface area contributed by atoms with Gasteiger partial charge in [-0.25, -0.2) is 0 Å². The topological polar surface area (TPSA) is 113 Å². The van der Waals surface area contributed by atoms with E-state index >= 15 is 0 Å². The normalized spacial score (nSPS) is 11.1. The lowest BCUT2D eigenvalue weighted by molar-refractivity contribution is 0.0977. The number of rotatable bonds is 6. The van der Waals surface area contributed by atoms with Crippen LogP contribution in [-0.2, 0) is 13.5 Å². The van der Waals surface area contributed by atoms with Gasteiger partial charge in [-0.3, -0.25) is 9.48 Å². The Hall–Kier alpha value is -4.51. The van der Waals surface area contributed by atoms with Gasteiger partial charge >= 0.3 is 0 Å². The third kappa shape index (κ3) is 4.04. The second kappa shape index (κ2) is 8.20. The van der Waals surface area contributed by atoms with Crippen molar-refractivity contribution in [3.05, 3.63) is 77.2 Å². The summed E-state index contributed by atoms with van der Waals surface area (Å²) in [7, 11) is 1.83. The number of nitrogens with one attached hydrogen (secondary N) is 1. The van der Waals surface area contributed by atoms with Crippen LogP contribution in [0.1, 0.15) is 33.9 Å². The number of aromatic nitrogens is 5. The Morgan fingerprint density at radius 1 is 1.15 bits per heavy atom. The van der Waals surface area contributed by atoms with Crippen LogP contribution in [0.25, 0.3) is 33.7 Å². The molecule has 1 N–H and O–H groups in total. The number of benzene rings is 2. The largest absolute Gasteiger partial charge is 0.351 e. The highest BCUT2D eigenvalue weighted by atomic mass is 16.5. The van der Waals surface area contributed by atoms with Gasteiger partial charge < -0.3 is 9.51 Å². The van der Waals surface area contributed by atoms with E-state index in [0.717, 1.165) is 33.4 Å². The van der Waals surface area contributed by atoms with Crippen LogP contribution in [0.3, 0.4) is 0 Å². The maximum Gasteiger partial charge on any atom is 0.274 e. The summed E-state index contributed by atoms with van der Waals surface area (Å²) < 4.78 is 6.98. The third-order valence-corrected chi connectivity index (χ3v) is 5.56. The molecule has 3 heterocycles. The molecule has 5 aromatic rings. The fourth-order valence-electron chi connectivity index (χ4n) is 3.82. The molecule has 0 unspecified atom stereocenters. The van der Waals surface area contributed by atoms with Crippen molar-refractivity contribution in [2.24, 2.45) is 7.05 Å². The van der Waals surface area contributed by atoms with Crippen molar-refractivity contribution in [3.8, 4) is 28.9 Å². The lowest BCUT2D eigenvalue weighted by Gasteiger charge is -2.01. The minimum absolute atomic E-state index is 0.0158. The number of hydrogen-bond acceptors (Lipinski definition) is 6. The number of H-pyrrole nitrogens is 1. The average Bonchev–Trinajstić information content (AvgIpc) is 3.55. The summed E-state index contributed by atoms with van der Waals surface area (Å²) in [4.78, 5) is 20.3. The van der Waals surface area contributed by atoms with E-state index in [9.17, 15) is 4.79 Å². The quantitative estimate of drug-likeness (QED) is 0.389. The summed E-state index contributed by atoms with van der Waals surface area (Å²) in [6.45, 7) is 1.78. The molecule has 0 aliphatic carbocycles. The predicted molar refractivity (Wildman–Crippen MR) is 122 cm³/mol. The first kappa shape index (κ1) is 20.4. The first-order chi connectivity index (χ1) is 16.0. The zero-order valence-corrected chi connectivity index (χ0v) is 18.2. The van der Waals surface area contributed by atoms with Crippen LogP contribution in [0.4, 0.5) is 0 Å². The van der Waals surface area contributed by atoms with Crippen LogP contribution >= 0.6 is 0 Å². The van der Waals surface area contributed by atoms with Crippen molar-refractivity contribution >= 4 is 16.7 Å². The second-order valence-electron chi connectivity index (χ2n) is 7.90. The molecule has 162 valence electrons. The average molecular weight is 436 g/mol. The van der Waals surface area contributed by atoms with Crippen LogP contribution in [0.2, 0.25) is 0 Å². The summed E-state index contributed by atoms with van der Waals surface area (Å²) in [6.07, 6.45) is 0.954. The lowest BCUT2D eigenvalue weighted by Crippen LogP contribution is -2.03. The molecule has 0 saturated carbocycles. The van der Waals surface area contributed by atoms with Gasteiger partial charge in [-0.15, -0.1) is 0 Å². The zero-order valence-electron chi connectivity index (χ0n) is 18.2. The third-order valence-electron chi connectivity index (χ3n) is 5.56. The molecule has 2 aromatic carbocycles. The number of carbonyl (C=O) groups excluding carboxylic acids is 1. The van der Waals surface area contributed by atoms with Gasteiger partial charge in [-0.05, 0) is 55.3 Å². The summed E-state index contributed by atoms with van der Waals surface area (Å²) in [6, 6.07) is 19.2. The SMILES string of the molecule is Cc1noc(-c2cc3cc(-c4cc(C(=O)CCc5ccc(C#N)cc5)nn4C)ccc3[nH]2)n1. The Labute approximate surface area is 189 Å². The summed E-state index contributed by atoms with van der Waals surface area (Å²) in [5.41, 5.74) is 5.59. The maximum absolute atomic E-state index is 12.8. The van der Waals surface area contributed by atoms with E-state index < -0.39 is 0 Å². The Balaban J connectivity index is 1.36. The van der Waals surface area contributed by atoms with E-state index in [1.807, 2.05) is 49.5 Å². The molecular weight excluding hydrogens is 416 g/mol. The lowest BCUT2D eigenvalue weighted by atomic mass is 10.0. The highest BCUT2D eigenvalue weighted by molar-refractivity contribution is 5.96. The van der Waals surface area contributed by atoms with E-state index in [2.05, 4.69) is 26.3 Å². The Kier molecular flexibility index (Phi) is 5.07. The van der Waals surface area contributed by atoms with Gasteiger partial charge in [0.2, 0.25) is 0 Å². The number of nitriles is 1. The summed E-state index contributed by atoms with van der Waals surface area (Å²) in [5.74, 6) is 1.01. The minimum atomic E-state index is -0.0158. The second-order valence-corrected chi connectivity index (χ2v) is 7.90. The number of hydrogen-bond donors (Lipinski definition) is 1. The van der Waals surface area contributed by atoms with Crippen LogP contribution in [0, 0.1) is 18.3 Å². The monoisotopic (exact) mass is 436 g/mol. The maximum atomic E-state index is 12.8. The minimum Gasteiger partial charge on any atom is -0.351 e. The van der Waals surface area contributed by atoms with Gasteiger partial charge in [0.25, 0.3) is 5.89 Å². The number of aromatic amines is 1. The first-order valence-electron chi connectivity index (χ1n) is 10.5. The van der Waals surface area contributed by atoms with E-state index in [1.54, 1.807) is 23.7 Å². The van der Waals surface area contributed by atoms with E-state index in [1.165, 1.54) is 0 Å². The summed E-state index contributed by atoms with van der Waals surface area (Å²) >= 11 is 0. The molecule has 0 amide bonds. The van der Waals surface area contributed by atoms with Gasteiger partial charge in [0.05, 0.1) is 17.3 Å². The highest BCUT2D eigenvalue weighted by Crippen LogP contribution is 2.28. The van der Waals surface area contributed by atoms with Gasteiger partial charge in [0.1, 0.15) is 11.4 Å². The molecule has 33 heavy (non-hydrogen) atoms. The molecule has 0 aliphatic rings. The number of Topliss-reactive ketones (excluding diaryl/α,β-unsaturated/α-hetero) is 1. The van der Waals surface area contributed by atoms with Crippen LogP contribution in [-0.4, -0.2) is 30.7 Å².